The van der Waals surface area contributed by atoms with Crippen LogP contribution in [0.3, 0.4) is 0 Å². The summed E-state index contributed by atoms with van der Waals surface area (Å²) in [5.74, 6) is -1.73. The Morgan fingerprint density at radius 2 is 2.07 bits per heavy atom. The van der Waals surface area contributed by atoms with Gasteiger partial charge in [0.05, 0.1) is 22.1 Å². The van der Waals surface area contributed by atoms with E-state index < -0.39 is 17.2 Å². The second-order valence-electron chi connectivity index (χ2n) is 7.22. The minimum Gasteiger partial charge on any atom is -0.477 e. The van der Waals surface area contributed by atoms with Gasteiger partial charge in [-0.1, -0.05) is 6.92 Å². The van der Waals surface area contributed by atoms with E-state index in [4.69, 9.17) is 5.73 Å². The number of carbonyl (C=O) groups is 1. The fourth-order valence-electron chi connectivity index (χ4n) is 3.57. The van der Waals surface area contributed by atoms with Crippen LogP contribution in [0.2, 0.25) is 0 Å². The summed E-state index contributed by atoms with van der Waals surface area (Å²) in [5, 5.41) is 9.78. The molecule has 140 valence electrons. The lowest BCUT2D eigenvalue weighted by atomic mass is 9.87. The van der Waals surface area contributed by atoms with Crippen LogP contribution in [0, 0.1) is 5.82 Å². The van der Waals surface area contributed by atoms with Crippen molar-refractivity contribution in [3.05, 3.63) is 46.0 Å². The lowest BCUT2D eigenvalue weighted by Gasteiger charge is -2.48. The van der Waals surface area contributed by atoms with Crippen molar-refractivity contribution in [2.75, 3.05) is 18.0 Å². The van der Waals surface area contributed by atoms with Crippen LogP contribution in [-0.4, -0.2) is 39.3 Å². The SMILES string of the molecule is CCC1(N)CN(c2cc3nc4c(cc3cc2F)c(=O)c(C(=O)O)cn4C)C1. The zero-order valence-corrected chi connectivity index (χ0v) is 15.0. The highest BCUT2D eigenvalue weighted by Crippen LogP contribution is 2.33. The van der Waals surface area contributed by atoms with Crippen LogP contribution in [0.25, 0.3) is 21.9 Å². The molecule has 3 aromatic rings. The van der Waals surface area contributed by atoms with Gasteiger partial charge in [-0.3, -0.25) is 4.79 Å². The smallest absolute Gasteiger partial charge is 0.341 e. The number of anilines is 1. The van der Waals surface area contributed by atoms with E-state index in [1.54, 1.807) is 13.1 Å². The Morgan fingerprint density at radius 3 is 2.70 bits per heavy atom. The van der Waals surface area contributed by atoms with Crippen LogP contribution < -0.4 is 16.1 Å². The summed E-state index contributed by atoms with van der Waals surface area (Å²) in [6, 6.07) is 4.47. The van der Waals surface area contributed by atoms with Gasteiger partial charge in [0.15, 0.2) is 0 Å². The fourth-order valence-corrected chi connectivity index (χ4v) is 3.57. The van der Waals surface area contributed by atoms with Gasteiger partial charge in [0.1, 0.15) is 17.0 Å². The van der Waals surface area contributed by atoms with Crippen LogP contribution in [0.15, 0.2) is 29.2 Å². The first-order chi connectivity index (χ1) is 12.7. The number of aromatic carboxylic acids is 1. The molecule has 1 aliphatic rings. The normalized spacial score (nSPS) is 15.9. The van der Waals surface area contributed by atoms with Crippen molar-refractivity contribution < 1.29 is 14.3 Å². The Bertz CT molecular complexity index is 1170. The summed E-state index contributed by atoms with van der Waals surface area (Å²) >= 11 is 0. The molecule has 8 heteroatoms. The van der Waals surface area contributed by atoms with Gasteiger partial charge in [-0.15, -0.1) is 0 Å². The quantitative estimate of drug-likeness (QED) is 0.683. The summed E-state index contributed by atoms with van der Waals surface area (Å²) in [4.78, 5) is 30.1. The van der Waals surface area contributed by atoms with Crippen molar-refractivity contribution >= 4 is 33.6 Å². The number of aryl methyl sites for hydroxylation is 1. The number of rotatable bonds is 3. The molecule has 1 aliphatic heterocycles. The number of benzene rings is 1. The fraction of sp³-hybridized carbons (Fsp3) is 0.316. The molecule has 0 spiro atoms. The summed E-state index contributed by atoms with van der Waals surface area (Å²) in [6.07, 6.45) is 2.06. The van der Waals surface area contributed by atoms with Gasteiger partial charge in [0.2, 0.25) is 5.43 Å². The molecule has 0 aliphatic carbocycles. The number of halogens is 1. The molecule has 1 aromatic carbocycles. The Hall–Kier alpha value is -3.00. The second kappa shape index (κ2) is 5.75. The van der Waals surface area contributed by atoms with Crippen LogP contribution in [0.1, 0.15) is 23.7 Å². The standard InChI is InChI=1S/C19H19FN4O3/c1-3-19(21)8-24(9-19)15-6-14-10(5-13(15)20)4-11-16(25)12(18(26)27)7-23(2)17(11)22-14/h4-7H,3,8-9,21H2,1-2H3,(H,26,27). The number of pyridine rings is 2. The number of hydrogen-bond acceptors (Lipinski definition) is 5. The van der Waals surface area contributed by atoms with E-state index >= 15 is 0 Å². The maximum atomic E-state index is 14.6. The zero-order valence-electron chi connectivity index (χ0n) is 15.0. The van der Waals surface area contributed by atoms with Crippen LogP contribution in [-0.2, 0) is 7.05 Å². The molecule has 3 N–H and O–H groups in total. The Kier molecular flexibility index (Phi) is 3.71. The first kappa shape index (κ1) is 17.4. The predicted octanol–water partition coefficient (Wildman–Crippen LogP) is 1.85. The number of nitrogens with zero attached hydrogens (tertiary/aromatic N) is 3. The van der Waals surface area contributed by atoms with E-state index in [0.717, 1.165) is 6.42 Å². The summed E-state index contributed by atoms with van der Waals surface area (Å²) in [6.45, 7) is 3.15. The maximum absolute atomic E-state index is 14.6. The van der Waals surface area contributed by atoms with Gasteiger partial charge >= 0.3 is 5.97 Å². The van der Waals surface area contributed by atoms with Gasteiger partial charge in [-0.25, -0.2) is 14.2 Å². The second-order valence-corrected chi connectivity index (χ2v) is 7.22. The number of fused-ring (bicyclic) bond motifs is 2. The minimum atomic E-state index is -1.31. The zero-order chi connectivity index (χ0) is 19.5. The molecule has 0 unspecified atom stereocenters. The van der Waals surface area contributed by atoms with Crippen molar-refractivity contribution in [2.45, 2.75) is 18.9 Å². The predicted molar refractivity (Wildman–Crippen MR) is 101 cm³/mol. The lowest BCUT2D eigenvalue weighted by Crippen LogP contribution is -2.67. The number of nitrogens with two attached hydrogens (primary N) is 1. The molecule has 0 bridgehead atoms. The average molecular weight is 370 g/mol. The first-order valence-electron chi connectivity index (χ1n) is 8.63. The van der Waals surface area contributed by atoms with E-state index in [2.05, 4.69) is 4.98 Å². The molecule has 3 heterocycles. The monoisotopic (exact) mass is 370 g/mol. The van der Waals surface area contributed by atoms with Gasteiger partial charge in [-0.2, -0.15) is 0 Å². The van der Waals surface area contributed by atoms with Crippen LogP contribution in [0.4, 0.5) is 10.1 Å². The van der Waals surface area contributed by atoms with Crippen LogP contribution in [0.5, 0.6) is 0 Å². The van der Waals surface area contributed by atoms with E-state index in [1.165, 1.54) is 22.9 Å². The largest absolute Gasteiger partial charge is 0.477 e. The van der Waals surface area contributed by atoms with Crippen molar-refractivity contribution in [2.24, 2.45) is 12.8 Å². The molecular weight excluding hydrogens is 351 g/mol. The van der Waals surface area contributed by atoms with Gasteiger partial charge in [0, 0.05) is 31.7 Å². The van der Waals surface area contributed by atoms with E-state index in [1.807, 2.05) is 11.8 Å². The van der Waals surface area contributed by atoms with Crippen LogP contribution >= 0.6 is 0 Å². The lowest BCUT2D eigenvalue weighted by molar-refractivity contribution is 0.0695. The number of carboxylic acid groups (broad SMARTS) is 1. The minimum absolute atomic E-state index is 0.146. The van der Waals surface area contributed by atoms with E-state index in [-0.39, 0.29) is 16.5 Å². The van der Waals surface area contributed by atoms with Gasteiger partial charge in [-0.05, 0) is 24.6 Å². The molecular formula is C19H19FN4O3. The first-order valence-corrected chi connectivity index (χ1v) is 8.63. The topological polar surface area (TPSA) is 101 Å². The highest BCUT2D eigenvalue weighted by molar-refractivity contribution is 5.96. The molecule has 0 saturated carbocycles. The molecule has 0 amide bonds. The van der Waals surface area contributed by atoms with Gasteiger partial charge < -0.3 is 20.3 Å². The van der Waals surface area contributed by atoms with Crippen molar-refractivity contribution in [3.8, 4) is 0 Å². The molecule has 4 rings (SSSR count). The molecule has 1 saturated heterocycles. The number of carboxylic acids is 1. The maximum Gasteiger partial charge on any atom is 0.341 e. The van der Waals surface area contributed by atoms with E-state index in [9.17, 15) is 19.1 Å². The third-order valence-electron chi connectivity index (χ3n) is 5.30. The van der Waals surface area contributed by atoms with Gasteiger partial charge in [0.25, 0.3) is 0 Å². The molecule has 0 radical (unpaired) electrons. The van der Waals surface area contributed by atoms with E-state index in [0.29, 0.717) is 35.3 Å². The molecule has 2 aromatic heterocycles. The molecule has 1 fully saturated rings. The Labute approximate surface area is 153 Å². The third kappa shape index (κ3) is 2.64. The van der Waals surface area contributed by atoms with Crippen molar-refractivity contribution in [1.82, 2.24) is 9.55 Å². The Balaban J connectivity index is 1.89. The molecule has 0 atom stereocenters. The number of aromatic nitrogens is 2. The summed E-state index contributed by atoms with van der Waals surface area (Å²) in [5.41, 5.74) is 6.21. The van der Waals surface area contributed by atoms with Crippen molar-refractivity contribution in [1.29, 1.82) is 0 Å². The summed E-state index contributed by atoms with van der Waals surface area (Å²) in [7, 11) is 1.62. The Morgan fingerprint density at radius 1 is 1.37 bits per heavy atom. The highest BCUT2D eigenvalue weighted by atomic mass is 19.1. The number of hydrogen-bond donors (Lipinski definition) is 2. The van der Waals surface area contributed by atoms with Crippen molar-refractivity contribution in [3.63, 3.8) is 0 Å². The average Bonchev–Trinajstić information content (AvgIpc) is 2.60. The highest BCUT2D eigenvalue weighted by Gasteiger charge is 2.38. The summed E-state index contributed by atoms with van der Waals surface area (Å²) < 4.78 is 16.1. The molecule has 27 heavy (non-hydrogen) atoms. The molecule has 7 nitrogen and oxygen atoms in total. The third-order valence-corrected chi connectivity index (χ3v) is 5.30.